The summed E-state index contributed by atoms with van der Waals surface area (Å²) in [5, 5.41) is 6.64. The Balaban J connectivity index is 1.92. The number of allylic oxidation sites excluding steroid dienone is 3. The topological polar surface area (TPSA) is 58.2 Å². The third-order valence-electron chi connectivity index (χ3n) is 5.27. The third-order valence-corrected chi connectivity index (χ3v) is 12.2. The standard InChI is InChI=1S/C17H22N2O2S.CH3.In/c1-5-10(2)11(3)15-16(12-7-6-8-14(12)20)18-13(9-22-4)17(21)19-15;;/h2,6,8,11,13,15,18H,1,5,7,9H2,3-4H3,(H,19,21);1H3;/b10-2?,16-12-;;. The Labute approximate surface area is 156 Å². The van der Waals surface area contributed by atoms with Crippen LogP contribution >= 0.6 is 11.8 Å². The maximum atomic E-state index is 12.5. The van der Waals surface area contributed by atoms with Gasteiger partial charge >= 0.3 is 157 Å². The second-order valence-electron chi connectivity index (χ2n) is 7.05. The van der Waals surface area contributed by atoms with Crippen LogP contribution in [0.5, 0.6) is 0 Å². The molecule has 1 amide bonds. The molecule has 3 unspecified atom stereocenters. The Bertz CT molecular complexity index is 641. The Hall–Kier alpha value is -0.620. The molecule has 6 heteroatoms. The number of hydrogen-bond acceptors (Lipinski definition) is 4. The van der Waals surface area contributed by atoms with Gasteiger partial charge in [-0.3, -0.25) is 0 Å². The average molecular weight is 448 g/mol. The van der Waals surface area contributed by atoms with Crippen molar-refractivity contribution in [3.05, 3.63) is 32.8 Å². The fourth-order valence-electron chi connectivity index (χ4n) is 3.85. The number of hydrogen-bond donors (Lipinski definition) is 2. The van der Waals surface area contributed by atoms with E-state index in [1.54, 1.807) is 17.8 Å². The van der Waals surface area contributed by atoms with Crippen LogP contribution in [0.2, 0.25) is 8.86 Å². The molecule has 2 N–H and O–H groups in total. The number of ketones is 1. The van der Waals surface area contributed by atoms with E-state index in [4.69, 9.17) is 0 Å². The van der Waals surface area contributed by atoms with Gasteiger partial charge in [0, 0.05) is 0 Å². The van der Waals surface area contributed by atoms with Gasteiger partial charge in [0.15, 0.2) is 0 Å². The second kappa shape index (κ2) is 7.73. The van der Waals surface area contributed by atoms with E-state index in [2.05, 4.69) is 26.1 Å². The van der Waals surface area contributed by atoms with Crippen LogP contribution in [-0.2, 0) is 9.59 Å². The molecule has 3 rings (SSSR count). The van der Waals surface area contributed by atoms with Gasteiger partial charge in [-0.1, -0.05) is 0 Å². The molecule has 2 aliphatic heterocycles. The number of carbonyl (C=O) groups is 2. The summed E-state index contributed by atoms with van der Waals surface area (Å²) in [5.74, 6) is 1.11. The van der Waals surface area contributed by atoms with E-state index in [9.17, 15) is 9.59 Å². The molecule has 0 aromatic heterocycles. The van der Waals surface area contributed by atoms with Gasteiger partial charge in [-0.25, -0.2) is 0 Å². The molecule has 2 heterocycles. The van der Waals surface area contributed by atoms with Crippen molar-refractivity contribution in [1.82, 2.24) is 10.6 Å². The van der Waals surface area contributed by atoms with Gasteiger partial charge in [0.05, 0.1) is 0 Å². The van der Waals surface area contributed by atoms with Crippen molar-refractivity contribution in [3.63, 3.8) is 0 Å². The summed E-state index contributed by atoms with van der Waals surface area (Å²) in [7, 11) is 0. The molecular weight excluding hydrogens is 423 g/mol. The molecule has 1 aliphatic carbocycles. The van der Waals surface area contributed by atoms with Crippen molar-refractivity contribution in [2.24, 2.45) is 5.92 Å². The zero-order chi connectivity index (χ0) is 17.3. The molecule has 128 valence electrons. The number of carbonyl (C=O) groups excluding carboxylic acids is 2. The maximum absolute atomic E-state index is 12.5. The van der Waals surface area contributed by atoms with Crippen LogP contribution in [0, 0.1) is 5.92 Å². The van der Waals surface area contributed by atoms with E-state index in [0.717, 1.165) is 11.3 Å². The van der Waals surface area contributed by atoms with Crippen molar-refractivity contribution < 1.29 is 9.59 Å². The van der Waals surface area contributed by atoms with Crippen LogP contribution in [0.3, 0.4) is 0 Å². The first kappa shape index (κ1) is 18.2. The van der Waals surface area contributed by atoms with Gasteiger partial charge in [-0.15, -0.1) is 0 Å². The molecule has 0 radical (unpaired) electrons. The van der Waals surface area contributed by atoms with Crippen molar-refractivity contribution in [3.8, 4) is 0 Å². The monoisotopic (exact) mass is 448 g/mol. The van der Waals surface area contributed by atoms with Crippen LogP contribution in [-0.4, -0.2) is 57.2 Å². The molecule has 0 spiro atoms. The fourth-order valence-corrected chi connectivity index (χ4v) is 10.6. The predicted octanol–water partition coefficient (Wildman–Crippen LogP) is 2.22. The van der Waals surface area contributed by atoms with E-state index in [0.29, 0.717) is 12.2 Å². The van der Waals surface area contributed by atoms with Crippen molar-refractivity contribution in [2.75, 3.05) is 12.0 Å². The molecule has 0 bridgehead atoms. The molecule has 24 heavy (non-hydrogen) atoms. The van der Waals surface area contributed by atoms with Crippen molar-refractivity contribution >= 4 is 44.9 Å². The van der Waals surface area contributed by atoms with E-state index in [1.165, 1.54) is 16.2 Å². The summed E-state index contributed by atoms with van der Waals surface area (Å²) in [4.78, 5) is 24.8. The predicted molar refractivity (Wildman–Crippen MR) is 101 cm³/mol. The Morgan fingerprint density at radius 1 is 1.38 bits per heavy atom. The molecule has 0 aromatic rings. The Morgan fingerprint density at radius 3 is 2.75 bits per heavy atom. The fraction of sp³-hybridized carbons (Fsp3) is 0.556. The number of amides is 1. The Kier molecular flexibility index (Phi) is 5.86. The van der Waals surface area contributed by atoms with E-state index < -0.39 is 21.4 Å². The number of nitrogens with one attached hydrogen (secondary N) is 2. The molecule has 0 aromatic carbocycles. The van der Waals surface area contributed by atoms with Gasteiger partial charge in [0.2, 0.25) is 0 Å². The van der Waals surface area contributed by atoms with Crippen LogP contribution < -0.4 is 10.6 Å². The van der Waals surface area contributed by atoms with Gasteiger partial charge in [-0.2, -0.15) is 0 Å². The summed E-state index contributed by atoms with van der Waals surface area (Å²) >= 11 is 0.261. The first-order valence-corrected chi connectivity index (χ1v) is 17.6. The molecular formula is C18H25InN2O2S. The van der Waals surface area contributed by atoms with Gasteiger partial charge in [0.1, 0.15) is 0 Å². The third kappa shape index (κ3) is 3.64. The van der Waals surface area contributed by atoms with E-state index in [-0.39, 0.29) is 29.7 Å². The summed E-state index contributed by atoms with van der Waals surface area (Å²) in [6.07, 6.45) is 7.41. The van der Waals surface area contributed by atoms with Crippen LogP contribution in [0.1, 0.15) is 19.8 Å². The van der Waals surface area contributed by atoms with Gasteiger partial charge < -0.3 is 0 Å². The molecule has 1 saturated heterocycles. The molecule has 3 aliphatic rings. The van der Waals surface area contributed by atoms with Gasteiger partial charge in [-0.05, 0) is 0 Å². The van der Waals surface area contributed by atoms with Crippen molar-refractivity contribution in [1.29, 1.82) is 0 Å². The zero-order valence-electron chi connectivity index (χ0n) is 14.6. The second-order valence-corrected chi connectivity index (χ2v) is 16.1. The number of rotatable bonds is 4. The quantitative estimate of drug-likeness (QED) is 0.648. The minimum absolute atomic E-state index is 0.0547. The minimum atomic E-state index is -1.38. The van der Waals surface area contributed by atoms with Gasteiger partial charge in [0.25, 0.3) is 0 Å². The van der Waals surface area contributed by atoms with Crippen LogP contribution in [0.15, 0.2) is 32.8 Å². The molecule has 1 fully saturated rings. The van der Waals surface area contributed by atoms with E-state index in [1.807, 2.05) is 12.3 Å². The van der Waals surface area contributed by atoms with Crippen molar-refractivity contribution in [2.45, 2.75) is 40.7 Å². The summed E-state index contributed by atoms with van der Waals surface area (Å²) in [5.41, 5.74) is 3.27. The molecule has 4 nitrogen and oxygen atoms in total. The SMILES string of the molecule is CSCC1N/C(=C2/CC=CC2=O)C(C(C)C2=[CH][In]([CH3])[CH2]C2)NC1=O. The molecule has 0 saturated carbocycles. The van der Waals surface area contributed by atoms with Crippen LogP contribution in [0.4, 0.5) is 0 Å². The van der Waals surface area contributed by atoms with Crippen LogP contribution in [0.25, 0.3) is 0 Å². The zero-order valence-corrected chi connectivity index (χ0v) is 18.7. The summed E-state index contributed by atoms with van der Waals surface area (Å²) in [6, 6.07) is -0.354. The van der Waals surface area contributed by atoms with E-state index >= 15 is 0 Å². The Morgan fingerprint density at radius 2 is 2.17 bits per heavy atom. The first-order chi connectivity index (χ1) is 11.5. The molecule has 3 atom stereocenters. The first-order valence-electron chi connectivity index (χ1n) is 8.71. The number of piperazine rings is 1. The normalized spacial score (nSPS) is 31.1. The summed E-state index contributed by atoms with van der Waals surface area (Å²) < 4.78 is 6.37. The number of thioether (sulfide) groups is 1. The average Bonchev–Trinajstić information content (AvgIpc) is 3.17. The summed E-state index contributed by atoms with van der Waals surface area (Å²) in [6.45, 7) is 2.20.